The first-order valence-corrected chi connectivity index (χ1v) is 8.09. The van der Waals surface area contributed by atoms with E-state index in [1.54, 1.807) is 0 Å². The zero-order valence-electron chi connectivity index (χ0n) is 12.6. The van der Waals surface area contributed by atoms with Gasteiger partial charge in [0.05, 0.1) is 0 Å². The van der Waals surface area contributed by atoms with Crippen LogP contribution in [0, 0.1) is 0 Å². The summed E-state index contributed by atoms with van der Waals surface area (Å²) >= 11 is 0. The van der Waals surface area contributed by atoms with E-state index in [0.717, 1.165) is 58.3 Å². The van der Waals surface area contributed by atoms with Crippen LogP contribution in [-0.4, -0.2) is 42.6 Å². The Labute approximate surface area is 126 Å². The lowest BCUT2D eigenvalue weighted by Crippen LogP contribution is -2.58. The molecule has 21 heavy (non-hydrogen) atoms. The lowest BCUT2D eigenvalue weighted by Gasteiger charge is -2.39. The number of carbonyl (C=O) groups excluding carboxylic acids is 1. The van der Waals surface area contributed by atoms with Crippen LogP contribution < -0.4 is 10.6 Å². The van der Waals surface area contributed by atoms with Crippen LogP contribution in [0.5, 0.6) is 0 Å². The Hall–Kier alpha value is -1.55. The van der Waals surface area contributed by atoms with Crippen molar-refractivity contribution in [3.05, 3.63) is 35.9 Å². The molecule has 0 radical (unpaired) electrons. The first kappa shape index (κ1) is 14.4. The number of urea groups is 1. The third kappa shape index (κ3) is 3.56. The van der Waals surface area contributed by atoms with Gasteiger partial charge in [0.15, 0.2) is 0 Å². The maximum atomic E-state index is 12.5. The second-order valence-electron chi connectivity index (χ2n) is 6.32. The van der Waals surface area contributed by atoms with Gasteiger partial charge in [0.2, 0.25) is 0 Å². The largest absolute Gasteiger partial charge is 0.332 e. The van der Waals surface area contributed by atoms with Gasteiger partial charge in [-0.1, -0.05) is 30.3 Å². The molecule has 114 valence electrons. The predicted octanol–water partition coefficient (Wildman–Crippen LogP) is 2.16. The fraction of sp³-hybridized carbons (Fsp3) is 0.588. The predicted molar refractivity (Wildman–Crippen MR) is 84.3 cm³/mol. The highest BCUT2D eigenvalue weighted by Gasteiger charge is 2.35. The molecule has 0 spiro atoms. The van der Waals surface area contributed by atoms with Gasteiger partial charge in [-0.25, -0.2) is 4.79 Å². The second kappa shape index (κ2) is 6.48. The monoisotopic (exact) mass is 287 g/mol. The average molecular weight is 287 g/mol. The van der Waals surface area contributed by atoms with Gasteiger partial charge in [-0.15, -0.1) is 0 Å². The Kier molecular flexibility index (Phi) is 4.44. The van der Waals surface area contributed by atoms with Crippen molar-refractivity contribution >= 4 is 6.03 Å². The summed E-state index contributed by atoms with van der Waals surface area (Å²) in [6.45, 7) is 3.78. The minimum atomic E-state index is -0.0910. The number of carbonyl (C=O) groups is 1. The van der Waals surface area contributed by atoms with Crippen LogP contribution >= 0.6 is 0 Å². The molecule has 3 rings (SSSR count). The molecule has 0 aromatic heterocycles. The van der Waals surface area contributed by atoms with E-state index in [1.807, 2.05) is 11.0 Å². The molecule has 2 aliphatic rings. The number of likely N-dealkylation sites (tertiary alicyclic amines) is 1. The van der Waals surface area contributed by atoms with E-state index in [9.17, 15) is 4.79 Å². The molecule has 0 atom stereocenters. The standard InChI is InChI=1S/C17H25N3O/c21-16(20-12-4-5-13-20)19-17(8-10-18-11-9-17)14-15-6-2-1-3-7-15/h1-3,6-7,18H,4-5,8-14H2,(H,19,21). The van der Waals surface area contributed by atoms with Crippen LogP contribution in [-0.2, 0) is 6.42 Å². The molecule has 2 heterocycles. The minimum absolute atomic E-state index is 0.0910. The van der Waals surface area contributed by atoms with Crippen LogP contribution in [0.15, 0.2) is 30.3 Å². The summed E-state index contributed by atoms with van der Waals surface area (Å²) in [5.74, 6) is 0. The minimum Gasteiger partial charge on any atom is -0.332 e. The quantitative estimate of drug-likeness (QED) is 0.895. The highest BCUT2D eigenvalue weighted by atomic mass is 16.2. The summed E-state index contributed by atoms with van der Waals surface area (Å²) in [6, 6.07) is 10.6. The molecule has 1 aromatic carbocycles. The highest BCUT2D eigenvalue weighted by Crippen LogP contribution is 2.24. The van der Waals surface area contributed by atoms with Crippen molar-refractivity contribution in [1.29, 1.82) is 0 Å². The summed E-state index contributed by atoms with van der Waals surface area (Å²) in [7, 11) is 0. The number of nitrogens with one attached hydrogen (secondary N) is 2. The molecule has 2 aliphatic heterocycles. The molecule has 4 nitrogen and oxygen atoms in total. The Balaban J connectivity index is 1.71. The SMILES string of the molecule is O=C(NC1(Cc2ccccc2)CCNCC1)N1CCCC1. The van der Waals surface area contributed by atoms with Crippen molar-refractivity contribution in [3.8, 4) is 0 Å². The van der Waals surface area contributed by atoms with Gasteiger partial charge in [0.1, 0.15) is 0 Å². The van der Waals surface area contributed by atoms with Gasteiger partial charge in [-0.2, -0.15) is 0 Å². The van der Waals surface area contributed by atoms with Crippen molar-refractivity contribution in [1.82, 2.24) is 15.5 Å². The summed E-state index contributed by atoms with van der Waals surface area (Å²) in [5.41, 5.74) is 1.22. The number of rotatable bonds is 3. The van der Waals surface area contributed by atoms with E-state index in [1.165, 1.54) is 5.56 Å². The fourth-order valence-electron chi connectivity index (χ4n) is 3.46. The number of benzene rings is 1. The molecule has 0 aliphatic carbocycles. The van der Waals surface area contributed by atoms with Crippen LogP contribution in [0.2, 0.25) is 0 Å². The zero-order valence-corrected chi connectivity index (χ0v) is 12.6. The van der Waals surface area contributed by atoms with E-state index in [2.05, 4.69) is 34.9 Å². The molecule has 2 N–H and O–H groups in total. The molecule has 4 heteroatoms. The molecule has 2 saturated heterocycles. The van der Waals surface area contributed by atoms with Crippen molar-refractivity contribution in [2.75, 3.05) is 26.2 Å². The van der Waals surface area contributed by atoms with Crippen molar-refractivity contribution < 1.29 is 4.79 Å². The molecule has 0 unspecified atom stereocenters. The molecule has 2 amide bonds. The fourth-order valence-corrected chi connectivity index (χ4v) is 3.46. The normalized spacial score (nSPS) is 21.2. The number of nitrogens with zero attached hydrogens (tertiary/aromatic N) is 1. The van der Waals surface area contributed by atoms with E-state index in [-0.39, 0.29) is 11.6 Å². The van der Waals surface area contributed by atoms with Gasteiger partial charge in [0.25, 0.3) is 0 Å². The van der Waals surface area contributed by atoms with Gasteiger partial charge in [-0.05, 0) is 50.8 Å². The third-order valence-corrected chi connectivity index (χ3v) is 4.71. The molecular weight excluding hydrogens is 262 g/mol. The van der Waals surface area contributed by atoms with Gasteiger partial charge >= 0.3 is 6.03 Å². The number of piperidine rings is 1. The summed E-state index contributed by atoms with van der Waals surface area (Å²) in [5, 5.41) is 6.77. The molecule has 0 bridgehead atoms. The van der Waals surface area contributed by atoms with Crippen LogP contribution in [0.3, 0.4) is 0 Å². The number of amides is 2. The van der Waals surface area contributed by atoms with Crippen LogP contribution in [0.1, 0.15) is 31.2 Å². The average Bonchev–Trinajstić information content (AvgIpc) is 3.03. The molecule has 1 aromatic rings. The number of hydrogen-bond donors (Lipinski definition) is 2. The van der Waals surface area contributed by atoms with Crippen molar-refractivity contribution in [3.63, 3.8) is 0 Å². The first-order chi connectivity index (χ1) is 10.3. The zero-order chi connectivity index (χ0) is 14.5. The topological polar surface area (TPSA) is 44.4 Å². The Morgan fingerprint density at radius 3 is 2.48 bits per heavy atom. The maximum Gasteiger partial charge on any atom is 0.317 e. The van der Waals surface area contributed by atoms with Gasteiger partial charge in [0, 0.05) is 18.6 Å². The van der Waals surface area contributed by atoms with Crippen molar-refractivity contribution in [2.45, 2.75) is 37.6 Å². The molecule has 0 saturated carbocycles. The lowest BCUT2D eigenvalue weighted by atomic mass is 9.82. The summed E-state index contributed by atoms with van der Waals surface area (Å²) in [6.07, 6.45) is 5.21. The third-order valence-electron chi connectivity index (χ3n) is 4.71. The number of hydrogen-bond acceptors (Lipinski definition) is 2. The lowest BCUT2D eigenvalue weighted by molar-refractivity contribution is 0.178. The van der Waals surface area contributed by atoms with E-state index >= 15 is 0 Å². The van der Waals surface area contributed by atoms with Crippen LogP contribution in [0.4, 0.5) is 4.79 Å². The second-order valence-corrected chi connectivity index (χ2v) is 6.32. The van der Waals surface area contributed by atoms with Crippen LogP contribution in [0.25, 0.3) is 0 Å². The van der Waals surface area contributed by atoms with E-state index in [4.69, 9.17) is 0 Å². The van der Waals surface area contributed by atoms with E-state index < -0.39 is 0 Å². The Morgan fingerprint density at radius 2 is 1.81 bits per heavy atom. The van der Waals surface area contributed by atoms with Crippen molar-refractivity contribution in [2.24, 2.45) is 0 Å². The van der Waals surface area contributed by atoms with Gasteiger partial charge in [-0.3, -0.25) is 0 Å². The summed E-state index contributed by atoms with van der Waals surface area (Å²) in [4.78, 5) is 14.5. The highest BCUT2D eigenvalue weighted by molar-refractivity contribution is 5.75. The Morgan fingerprint density at radius 1 is 1.14 bits per heavy atom. The molecular formula is C17H25N3O. The summed E-state index contributed by atoms with van der Waals surface area (Å²) < 4.78 is 0. The first-order valence-electron chi connectivity index (χ1n) is 8.09. The van der Waals surface area contributed by atoms with Gasteiger partial charge < -0.3 is 15.5 Å². The van der Waals surface area contributed by atoms with E-state index in [0.29, 0.717) is 0 Å². The smallest absolute Gasteiger partial charge is 0.317 e. The maximum absolute atomic E-state index is 12.5. The molecule has 2 fully saturated rings. The Bertz CT molecular complexity index is 462.